The van der Waals surface area contributed by atoms with Crippen LogP contribution < -0.4 is 5.32 Å². The summed E-state index contributed by atoms with van der Waals surface area (Å²) in [5.74, 6) is -0.0325. The zero-order chi connectivity index (χ0) is 15.0. The highest BCUT2D eigenvalue weighted by Crippen LogP contribution is 2.24. The quantitative estimate of drug-likeness (QED) is 0.774. The van der Waals surface area contributed by atoms with E-state index < -0.39 is 0 Å². The third-order valence-electron chi connectivity index (χ3n) is 3.48. The van der Waals surface area contributed by atoms with Gasteiger partial charge in [0.2, 0.25) is 5.91 Å². The number of carbonyl (C=O) groups excluding carboxylic acids is 1. The maximum atomic E-state index is 12.2. The Morgan fingerprint density at radius 1 is 1.33 bits per heavy atom. The summed E-state index contributed by atoms with van der Waals surface area (Å²) in [6.45, 7) is 6.04. The molecule has 2 N–H and O–H groups in total. The van der Waals surface area contributed by atoms with Gasteiger partial charge in [0.05, 0.1) is 6.42 Å². The van der Waals surface area contributed by atoms with E-state index in [-0.39, 0.29) is 5.91 Å². The number of fused-ring (bicyclic) bond motifs is 1. The van der Waals surface area contributed by atoms with Crippen molar-refractivity contribution in [2.24, 2.45) is 0 Å². The summed E-state index contributed by atoms with van der Waals surface area (Å²) < 4.78 is 0. The molecule has 0 aliphatic rings. The second-order valence-corrected chi connectivity index (χ2v) is 6.51. The highest BCUT2D eigenvalue weighted by molar-refractivity contribution is 7.15. The number of hydrogen-bond acceptors (Lipinski definition) is 3. The molecule has 0 bridgehead atoms. The van der Waals surface area contributed by atoms with Crippen LogP contribution in [0.25, 0.3) is 10.9 Å². The zero-order valence-corrected chi connectivity index (χ0v) is 13.1. The van der Waals surface area contributed by atoms with Crippen LogP contribution in [0.5, 0.6) is 0 Å². The number of benzene rings is 1. The highest BCUT2D eigenvalue weighted by Gasteiger charge is 2.13. The topological polar surface area (TPSA) is 57.8 Å². The van der Waals surface area contributed by atoms with Crippen molar-refractivity contribution in [1.29, 1.82) is 0 Å². The van der Waals surface area contributed by atoms with Crippen LogP contribution in [0.1, 0.15) is 21.7 Å². The number of aromatic amines is 1. The fourth-order valence-corrected chi connectivity index (χ4v) is 3.14. The van der Waals surface area contributed by atoms with E-state index >= 15 is 0 Å². The first-order chi connectivity index (χ1) is 10.0. The third-order valence-corrected chi connectivity index (χ3v) is 4.31. The Morgan fingerprint density at radius 2 is 2.14 bits per heavy atom. The number of nitrogens with one attached hydrogen (secondary N) is 2. The van der Waals surface area contributed by atoms with Crippen LogP contribution in [0.2, 0.25) is 0 Å². The van der Waals surface area contributed by atoms with Gasteiger partial charge < -0.3 is 10.3 Å². The zero-order valence-electron chi connectivity index (χ0n) is 12.3. The van der Waals surface area contributed by atoms with Crippen molar-refractivity contribution in [3.63, 3.8) is 0 Å². The molecule has 1 amide bonds. The van der Waals surface area contributed by atoms with Crippen LogP contribution in [-0.4, -0.2) is 15.9 Å². The molecule has 0 aliphatic heterocycles. The Labute approximate surface area is 127 Å². The van der Waals surface area contributed by atoms with Crippen molar-refractivity contribution in [1.82, 2.24) is 9.97 Å². The van der Waals surface area contributed by atoms with Gasteiger partial charge in [0.25, 0.3) is 0 Å². The number of nitrogens with zero attached hydrogens (tertiary/aromatic N) is 1. The van der Waals surface area contributed by atoms with Crippen LogP contribution in [-0.2, 0) is 11.2 Å². The van der Waals surface area contributed by atoms with Crippen molar-refractivity contribution >= 4 is 33.3 Å². The number of aryl methyl sites for hydroxylation is 3. The van der Waals surface area contributed by atoms with Gasteiger partial charge in [-0.05, 0) is 38.5 Å². The van der Waals surface area contributed by atoms with Crippen molar-refractivity contribution in [3.8, 4) is 0 Å². The van der Waals surface area contributed by atoms with Gasteiger partial charge in [-0.2, -0.15) is 0 Å². The lowest BCUT2D eigenvalue weighted by Crippen LogP contribution is -2.14. The first-order valence-corrected chi connectivity index (χ1v) is 7.64. The van der Waals surface area contributed by atoms with Crippen LogP contribution in [0.15, 0.2) is 24.4 Å². The number of hydrogen-bond donors (Lipinski definition) is 2. The second kappa shape index (κ2) is 5.33. The lowest BCUT2D eigenvalue weighted by Gasteiger charge is -2.03. The fourth-order valence-electron chi connectivity index (χ4n) is 2.46. The molecule has 0 unspecified atom stereocenters. The second-order valence-electron chi connectivity index (χ2n) is 5.28. The number of aromatic nitrogens is 2. The van der Waals surface area contributed by atoms with Crippen molar-refractivity contribution in [3.05, 3.63) is 46.1 Å². The first-order valence-electron chi connectivity index (χ1n) is 6.83. The van der Waals surface area contributed by atoms with Gasteiger partial charge in [-0.25, -0.2) is 4.98 Å². The van der Waals surface area contributed by atoms with Gasteiger partial charge in [0, 0.05) is 27.7 Å². The number of rotatable bonds is 3. The lowest BCUT2D eigenvalue weighted by atomic mass is 10.1. The first kappa shape index (κ1) is 13.8. The molecule has 3 rings (SSSR count). The number of carbonyl (C=O) groups is 1. The predicted octanol–water partition coefficient (Wildman–Crippen LogP) is 3.73. The molecule has 0 radical (unpaired) electrons. The van der Waals surface area contributed by atoms with E-state index in [1.807, 2.05) is 13.8 Å². The fraction of sp³-hybridized carbons (Fsp3) is 0.250. The van der Waals surface area contributed by atoms with Gasteiger partial charge in [0.15, 0.2) is 5.13 Å². The summed E-state index contributed by atoms with van der Waals surface area (Å²) in [6, 6.07) is 6.25. The number of amides is 1. The van der Waals surface area contributed by atoms with E-state index in [0.717, 1.165) is 27.0 Å². The van der Waals surface area contributed by atoms with Crippen molar-refractivity contribution < 1.29 is 4.79 Å². The Hall–Kier alpha value is -2.14. The largest absolute Gasteiger partial charge is 0.358 e. The summed E-state index contributed by atoms with van der Waals surface area (Å²) in [4.78, 5) is 20.8. The van der Waals surface area contributed by atoms with E-state index in [4.69, 9.17) is 0 Å². The van der Waals surface area contributed by atoms with Crippen LogP contribution >= 0.6 is 11.3 Å². The maximum absolute atomic E-state index is 12.2. The van der Waals surface area contributed by atoms with Crippen LogP contribution in [0, 0.1) is 20.8 Å². The molecule has 21 heavy (non-hydrogen) atoms. The third kappa shape index (κ3) is 2.83. The van der Waals surface area contributed by atoms with E-state index in [1.165, 1.54) is 16.9 Å². The van der Waals surface area contributed by atoms with Crippen LogP contribution in [0.3, 0.4) is 0 Å². The Bertz CT molecular complexity index is 816. The molecule has 4 nitrogen and oxygen atoms in total. The molecule has 108 valence electrons. The molecule has 0 atom stereocenters. The van der Waals surface area contributed by atoms with Gasteiger partial charge in [-0.3, -0.25) is 4.79 Å². The summed E-state index contributed by atoms with van der Waals surface area (Å²) >= 11 is 1.49. The van der Waals surface area contributed by atoms with Crippen molar-refractivity contribution in [2.45, 2.75) is 27.2 Å². The minimum absolute atomic E-state index is 0.0325. The van der Waals surface area contributed by atoms with E-state index in [9.17, 15) is 4.79 Å². The van der Waals surface area contributed by atoms with Crippen LogP contribution in [0.4, 0.5) is 5.13 Å². The number of thiazole rings is 1. The van der Waals surface area contributed by atoms with Crippen molar-refractivity contribution in [2.75, 3.05) is 5.32 Å². The van der Waals surface area contributed by atoms with Gasteiger partial charge >= 0.3 is 0 Å². The minimum Gasteiger partial charge on any atom is -0.358 e. The monoisotopic (exact) mass is 299 g/mol. The Kier molecular flexibility index (Phi) is 3.51. The Morgan fingerprint density at radius 3 is 2.86 bits per heavy atom. The molecule has 2 aromatic heterocycles. The molecule has 1 aromatic carbocycles. The molecule has 0 fully saturated rings. The molecule has 0 spiro atoms. The molecule has 5 heteroatoms. The summed E-state index contributed by atoms with van der Waals surface area (Å²) in [6.07, 6.45) is 2.12. The summed E-state index contributed by atoms with van der Waals surface area (Å²) in [7, 11) is 0. The Balaban J connectivity index is 1.85. The van der Waals surface area contributed by atoms with Gasteiger partial charge in [-0.1, -0.05) is 11.6 Å². The summed E-state index contributed by atoms with van der Waals surface area (Å²) in [5.41, 5.74) is 4.37. The molecule has 2 heterocycles. The average molecular weight is 299 g/mol. The molecular weight excluding hydrogens is 282 g/mol. The molecule has 0 saturated heterocycles. The molecular formula is C16H17N3OS. The highest BCUT2D eigenvalue weighted by atomic mass is 32.1. The average Bonchev–Trinajstić information content (AvgIpc) is 2.95. The molecule has 0 aliphatic carbocycles. The number of H-pyrrole nitrogens is 1. The lowest BCUT2D eigenvalue weighted by molar-refractivity contribution is -0.115. The van der Waals surface area contributed by atoms with E-state index in [1.54, 1.807) is 6.20 Å². The SMILES string of the molecule is Cc1ccc2[nH]c(C)c(CC(=O)Nc3ncc(C)s3)c2c1. The smallest absolute Gasteiger partial charge is 0.230 e. The molecule has 0 saturated carbocycles. The minimum atomic E-state index is -0.0325. The number of anilines is 1. The standard InChI is InChI=1S/C16H17N3OS/c1-9-4-5-14-13(6-9)12(11(3)18-14)7-15(20)19-16-17-8-10(2)21-16/h4-6,8,18H,7H2,1-3H3,(H,17,19,20). The summed E-state index contributed by atoms with van der Waals surface area (Å²) in [5, 5.41) is 4.64. The van der Waals surface area contributed by atoms with E-state index in [2.05, 4.69) is 40.4 Å². The van der Waals surface area contributed by atoms with Gasteiger partial charge in [0.1, 0.15) is 0 Å². The maximum Gasteiger partial charge on any atom is 0.230 e. The molecule has 3 aromatic rings. The van der Waals surface area contributed by atoms with Gasteiger partial charge in [-0.15, -0.1) is 11.3 Å². The van der Waals surface area contributed by atoms with E-state index in [0.29, 0.717) is 11.6 Å². The normalized spacial score (nSPS) is 11.0. The predicted molar refractivity (Wildman–Crippen MR) is 87.0 cm³/mol.